The van der Waals surface area contributed by atoms with E-state index < -0.39 is 10.8 Å². The van der Waals surface area contributed by atoms with Gasteiger partial charge in [-0.15, -0.1) is 0 Å². The molecule has 0 spiro atoms. The Hall–Kier alpha value is -3.22. The van der Waals surface area contributed by atoms with Crippen molar-refractivity contribution in [3.8, 4) is 5.75 Å². The number of aromatic hydroxyl groups is 1. The van der Waals surface area contributed by atoms with Crippen LogP contribution in [0.1, 0.15) is 42.3 Å². The Bertz CT molecular complexity index is 821. The van der Waals surface area contributed by atoms with Crippen molar-refractivity contribution in [3.05, 3.63) is 69.3 Å². The largest absolute Gasteiger partial charge is 0.507 e. The molecule has 0 fully saturated rings. The van der Waals surface area contributed by atoms with E-state index in [0.29, 0.717) is 5.56 Å². The van der Waals surface area contributed by atoms with Gasteiger partial charge in [-0.3, -0.25) is 14.9 Å². The molecule has 130 valence electrons. The molecule has 0 radical (unpaired) electrons. The number of nitro groups is 1. The maximum Gasteiger partial charge on any atom is 0.271 e. The highest BCUT2D eigenvalue weighted by molar-refractivity contribution is 5.95. The van der Waals surface area contributed by atoms with Crippen molar-refractivity contribution in [2.75, 3.05) is 0 Å². The Labute approximate surface area is 145 Å². The van der Waals surface area contributed by atoms with E-state index in [1.54, 1.807) is 12.1 Å². The predicted molar refractivity (Wildman–Crippen MR) is 95.0 cm³/mol. The Kier molecular flexibility index (Phi) is 5.17. The normalized spacial score (nSPS) is 11.5. The van der Waals surface area contributed by atoms with E-state index in [4.69, 9.17) is 0 Å². The van der Waals surface area contributed by atoms with E-state index in [-0.39, 0.29) is 22.4 Å². The van der Waals surface area contributed by atoms with Crippen LogP contribution in [-0.4, -0.2) is 22.2 Å². The van der Waals surface area contributed by atoms with Gasteiger partial charge in [0.1, 0.15) is 5.75 Å². The number of hydrogen-bond acceptors (Lipinski definition) is 5. The summed E-state index contributed by atoms with van der Waals surface area (Å²) in [6.45, 7) is 5.96. The Morgan fingerprint density at radius 2 is 1.84 bits per heavy atom. The highest BCUT2D eigenvalue weighted by atomic mass is 16.6. The lowest BCUT2D eigenvalue weighted by Crippen LogP contribution is -2.17. The number of nitro benzene ring substituents is 1. The first-order valence-electron chi connectivity index (χ1n) is 7.60. The summed E-state index contributed by atoms with van der Waals surface area (Å²) in [5.74, 6) is -0.388. The van der Waals surface area contributed by atoms with Crippen LogP contribution in [0.2, 0.25) is 0 Å². The molecule has 0 unspecified atom stereocenters. The first-order valence-corrected chi connectivity index (χ1v) is 7.60. The molecule has 25 heavy (non-hydrogen) atoms. The third-order valence-electron chi connectivity index (χ3n) is 3.59. The number of nitrogens with one attached hydrogen (secondary N) is 1. The number of carbonyl (C=O) groups is 1. The third-order valence-corrected chi connectivity index (χ3v) is 3.59. The second-order valence-electron chi connectivity index (χ2n) is 6.50. The van der Waals surface area contributed by atoms with Gasteiger partial charge in [-0.2, -0.15) is 5.10 Å². The number of amides is 1. The zero-order chi connectivity index (χ0) is 18.6. The van der Waals surface area contributed by atoms with E-state index in [0.717, 1.165) is 5.56 Å². The van der Waals surface area contributed by atoms with Crippen molar-refractivity contribution in [2.45, 2.75) is 26.2 Å². The number of hydrazone groups is 1. The van der Waals surface area contributed by atoms with E-state index in [2.05, 4.69) is 10.5 Å². The average Bonchev–Trinajstić information content (AvgIpc) is 2.55. The molecule has 0 aromatic heterocycles. The smallest absolute Gasteiger partial charge is 0.271 e. The number of nitrogens with zero attached hydrogens (tertiary/aromatic N) is 2. The van der Waals surface area contributed by atoms with Gasteiger partial charge in [0, 0.05) is 23.3 Å². The minimum absolute atomic E-state index is 0.0935. The first-order chi connectivity index (χ1) is 11.7. The molecule has 0 aliphatic heterocycles. The number of non-ortho nitro benzene ring substituents is 1. The third kappa shape index (κ3) is 4.41. The summed E-state index contributed by atoms with van der Waals surface area (Å²) in [7, 11) is 0. The molecular weight excluding hydrogens is 322 g/mol. The molecule has 2 aromatic carbocycles. The van der Waals surface area contributed by atoms with Gasteiger partial charge >= 0.3 is 0 Å². The molecule has 2 rings (SSSR count). The van der Waals surface area contributed by atoms with Crippen molar-refractivity contribution in [2.24, 2.45) is 5.10 Å². The molecular formula is C18H19N3O4. The van der Waals surface area contributed by atoms with Gasteiger partial charge in [-0.25, -0.2) is 5.43 Å². The molecule has 0 heterocycles. The van der Waals surface area contributed by atoms with Crippen molar-refractivity contribution in [1.82, 2.24) is 5.43 Å². The van der Waals surface area contributed by atoms with Gasteiger partial charge in [0.25, 0.3) is 11.6 Å². The Morgan fingerprint density at radius 3 is 2.40 bits per heavy atom. The van der Waals surface area contributed by atoms with Crippen molar-refractivity contribution >= 4 is 17.8 Å². The van der Waals surface area contributed by atoms with Gasteiger partial charge in [0.05, 0.1) is 11.1 Å². The fraction of sp³-hybridized carbons (Fsp3) is 0.222. The Balaban J connectivity index is 2.11. The lowest BCUT2D eigenvalue weighted by atomic mass is 9.85. The van der Waals surface area contributed by atoms with Crippen LogP contribution in [0, 0.1) is 10.1 Å². The van der Waals surface area contributed by atoms with Crippen molar-refractivity contribution in [1.29, 1.82) is 0 Å². The molecule has 2 aromatic rings. The summed E-state index contributed by atoms with van der Waals surface area (Å²) in [6.07, 6.45) is 1.36. The van der Waals surface area contributed by atoms with E-state index in [9.17, 15) is 20.0 Å². The summed E-state index contributed by atoms with van der Waals surface area (Å²) >= 11 is 0. The summed E-state index contributed by atoms with van der Waals surface area (Å²) in [4.78, 5) is 22.0. The quantitative estimate of drug-likeness (QED) is 0.505. The van der Waals surface area contributed by atoms with Crippen molar-refractivity contribution in [3.63, 3.8) is 0 Å². The van der Waals surface area contributed by atoms with Gasteiger partial charge in [0.15, 0.2) is 0 Å². The average molecular weight is 341 g/mol. The summed E-state index contributed by atoms with van der Waals surface area (Å²) < 4.78 is 0. The molecule has 0 saturated carbocycles. The van der Waals surface area contributed by atoms with Gasteiger partial charge < -0.3 is 5.11 Å². The summed E-state index contributed by atoms with van der Waals surface area (Å²) in [5, 5.41) is 24.8. The van der Waals surface area contributed by atoms with Gasteiger partial charge in [-0.05, 0) is 29.2 Å². The van der Waals surface area contributed by atoms with Crippen LogP contribution in [0.3, 0.4) is 0 Å². The molecule has 0 saturated heterocycles. The van der Waals surface area contributed by atoms with Crippen LogP contribution in [0.25, 0.3) is 0 Å². The van der Waals surface area contributed by atoms with Crippen molar-refractivity contribution < 1.29 is 14.8 Å². The minimum Gasteiger partial charge on any atom is -0.507 e. The minimum atomic E-state index is -0.537. The van der Waals surface area contributed by atoms with Gasteiger partial charge in [0.2, 0.25) is 0 Å². The van der Waals surface area contributed by atoms with E-state index >= 15 is 0 Å². The molecule has 0 aliphatic rings. The van der Waals surface area contributed by atoms with Crippen LogP contribution in [0.5, 0.6) is 5.75 Å². The van der Waals surface area contributed by atoms with Crippen LogP contribution < -0.4 is 5.43 Å². The number of hydrogen-bond donors (Lipinski definition) is 2. The number of para-hydroxylation sites is 1. The predicted octanol–water partition coefficient (Wildman–Crippen LogP) is 3.36. The van der Waals surface area contributed by atoms with Crippen LogP contribution in [0.15, 0.2) is 47.6 Å². The van der Waals surface area contributed by atoms with E-state index in [1.165, 1.54) is 30.5 Å². The number of phenols is 1. The maximum absolute atomic E-state index is 12.0. The second-order valence-corrected chi connectivity index (χ2v) is 6.50. The lowest BCUT2D eigenvalue weighted by molar-refractivity contribution is -0.384. The summed E-state index contributed by atoms with van der Waals surface area (Å²) in [5.41, 5.74) is 3.52. The zero-order valence-corrected chi connectivity index (χ0v) is 14.2. The van der Waals surface area contributed by atoms with Crippen LogP contribution >= 0.6 is 0 Å². The first kappa shape index (κ1) is 18.1. The van der Waals surface area contributed by atoms with Crippen LogP contribution in [0.4, 0.5) is 5.69 Å². The second kappa shape index (κ2) is 7.12. The zero-order valence-electron chi connectivity index (χ0n) is 14.2. The molecule has 1 amide bonds. The monoisotopic (exact) mass is 341 g/mol. The highest BCUT2D eigenvalue weighted by Crippen LogP contribution is 2.32. The molecule has 7 heteroatoms. The molecule has 0 aliphatic carbocycles. The van der Waals surface area contributed by atoms with Gasteiger partial charge in [-0.1, -0.05) is 32.9 Å². The number of phenolic OH excluding ortho intramolecular Hbond substituents is 1. The number of carbonyl (C=O) groups excluding carboxylic acids is 1. The fourth-order valence-corrected chi connectivity index (χ4v) is 2.23. The maximum atomic E-state index is 12.0. The molecule has 0 bridgehead atoms. The fourth-order valence-electron chi connectivity index (χ4n) is 2.23. The van der Waals surface area contributed by atoms with Crippen LogP contribution in [-0.2, 0) is 5.41 Å². The lowest BCUT2D eigenvalue weighted by Gasteiger charge is -2.21. The SMILES string of the molecule is CC(C)(C)c1cccc(/C=N/NC(=O)c2ccc([N+](=O)[O-])cc2)c1O. The number of rotatable bonds is 4. The van der Waals surface area contributed by atoms with E-state index in [1.807, 2.05) is 26.8 Å². The molecule has 2 N–H and O–H groups in total. The topological polar surface area (TPSA) is 105 Å². The highest BCUT2D eigenvalue weighted by Gasteiger charge is 2.19. The molecule has 7 nitrogen and oxygen atoms in total. The standard InChI is InChI=1S/C18H19N3O4/c1-18(2,3)15-6-4-5-13(16(15)22)11-19-20-17(23)12-7-9-14(10-8-12)21(24)25/h4-11,22H,1-3H3,(H,20,23)/b19-11+. The molecule has 0 atom stereocenters. The summed E-state index contributed by atoms with van der Waals surface area (Å²) in [6, 6.07) is 10.5. The Morgan fingerprint density at radius 1 is 1.20 bits per heavy atom. The number of benzene rings is 2.